The van der Waals surface area contributed by atoms with Crippen LogP contribution in [0.5, 0.6) is 0 Å². The third-order valence-electron chi connectivity index (χ3n) is 5.13. The molecule has 32 heavy (non-hydrogen) atoms. The second-order valence-electron chi connectivity index (χ2n) is 8.31. The number of hydrogen-bond acceptors (Lipinski definition) is 9. The maximum atomic E-state index is 12.3. The van der Waals surface area contributed by atoms with Gasteiger partial charge >= 0.3 is 0 Å². The van der Waals surface area contributed by atoms with Crippen molar-refractivity contribution >= 4 is 33.1 Å². The van der Waals surface area contributed by atoms with E-state index in [9.17, 15) is 13.5 Å². The minimum absolute atomic E-state index is 0.0480. The highest BCUT2D eigenvalue weighted by molar-refractivity contribution is 7.90. The van der Waals surface area contributed by atoms with Gasteiger partial charge in [-0.15, -0.1) is 0 Å². The van der Waals surface area contributed by atoms with Gasteiger partial charge in [0.15, 0.2) is 15.7 Å². The molecule has 10 heteroatoms. The van der Waals surface area contributed by atoms with E-state index in [0.29, 0.717) is 11.5 Å². The molecular weight excluding hydrogens is 428 g/mol. The van der Waals surface area contributed by atoms with E-state index < -0.39 is 15.4 Å². The molecule has 1 aliphatic heterocycles. The predicted octanol–water partition coefficient (Wildman–Crippen LogP) is 2.64. The van der Waals surface area contributed by atoms with Crippen molar-refractivity contribution in [2.24, 2.45) is 0 Å². The minimum Gasteiger partial charge on any atom is -0.384 e. The Morgan fingerprint density at radius 1 is 1.09 bits per heavy atom. The summed E-state index contributed by atoms with van der Waals surface area (Å²) in [6.07, 6.45) is 3.36. The van der Waals surface area contributed by atoms with Crippen LogP contribution in [0.2, 0.25) is 0 Å². The van der Waals surface area contributed by atoms with Crippen LogP contribution in [0.15, 0.2) is 47.5 Å². The Balaban J connectivity index is 1.66. The van der Waals surface area contributed by atoms with E-state index in [1.165, 1.54) is 17.3 Å². The van der Waals surface area contributed by atoms with Crippen LogP contribution in [0, 0.1) is 0 Å². The van der Waals surface area contributed by atoms with Crippen molar-refractivity contribution < 1.29 is 13.5 Å². The molecule has 4 rings (SSSR count). The van der Waals surface area contributed by atoms with E-state index in [-0.39, 0.29) is 16.7 Å². The number of rotatable bonds is 6. The van der Waals surface area contributed by atoms with Crippen LogP contribution in [-0.2, 0) is 28.4 Å². The summed E-state index contributed by atoms with van der Waals surface area (Å²) in [5.41, 5.74) is 2.63. The van der Waals surface area contributed by atoms with Gasteiger partial charge in [-0.3, -0.25) is 0 Å². The molecule has 2 aromatic heterocycles. The first kappa shape index (κ1) is 22.1. The molecule has 1 aromatic carbocycles. The van der Waals surface area contributed by atoms with Gasteiger partial charge in [-0.1, -0.05) is 12.1 Å². The number of nitrogens with zero attached hydrogens (tertiary/aromatic N) is 3. The molecule has 0 atom stereocenters. The molecule has 0 fully saturated rings. The Morgan fingerprint density at radius 2 is 1.91 bits per heavy atom. The van der Waals surface area contributed by atoms with Gasteiger partial charge in [-0.05, 0) is 62.2 Å². The third kappa shape index (κ3) is 5.04. The van der Waals surface area contributed by atoms with Gasteiger partial charge in [0.05, 0.1) is 11.9 Å². The van der Waals surface area contributed by atoms with E-state index in [1.807, 2.05) is 12.1 Å². The number of aromatic nitrogens is 3. The highest BCUT2D eigenvalue weighted by Crippen LogP contribution is 2.26. The van der Waals surface area contributed by atoms with Crippen molar-refractivity contribution in [3.8, 4) is 0 Å². The zero-order valence-corrected chi connectivity index (χ0v) is 19.0. The first-order chi connectivity index (χ1) is 15.1. The lowest BCUT2D eigenvalue weighted by Gasteiger charge is -2.19. The van der Waals surface area contributed by atoms with Crippen LogP contribution in [0.4, 0.5) is 23.3 Å². The summed E-state index contributed by atoms with van der Waals surface area (Å²) in [6.45, 7) is 5.02. The van der Waals surface area contributed by atoms with E-state index in [2.05, 4.69) is 37.0 Å². The number of anilines is 4. The average molecular weight is 455 g/mol. The Kier molecular flexibility index (Phi) is 5.85. The molecule has 0 amide bonds. The largest absolute Gasteiger partial charge is 0.384 e. The number of sulfone groups is 1. The zero-order chi connectivity index (χ0) is 22.9. The Morgan fingerprint density at radius 3 is 2.66 bits per heavy atom. The second-order valence-corrected chi connectivity index (χ2v) is 10.3. The molecule has 0 unspecified atom stereocenters. The van der Waals surface area contributed by atoms with Gasteiger partial charge in [0, 0.05) is 18.5 Å². The van der Waals surface area contributed by atoms with E-state index >= 15 is 0 Å². The Bertz CT molecular complexity index is 1250. The number of fused-ring (bicyclic) bond motifs is 1. The maximum Gasteiger partial charge on any atom is 0.229 e. The first-order valence-electron chi connectivity index (χ1n) is 10.2. The molecule has 9 nitrogen and oxygen atoms in total. The molecule has 0 radical (unpaired) electrons. The van der Waals surface area contributed by atoms with Crippen molar-refractivity contribution in [2.45, 2.75) is 37.3 Å². The lowest BCUT2D eigenvalue weighted by molar-refractivity contribution is 0.0740. The first-order valence-corrected chi connectivity index (χ1v) is 12.1. The minimum atomic E-state index is -3.59. The second kappa shape index (κ2) is 8.45. The molecule has 4 N–H and O–H groups in total. The van der Waals surface area contributed by atoms with Gasteiger partial charge in [0.1, 0.15) is 16.3 Å². The van der Waals surface area contributed by atoms with E-state index in [0.717, 1.165) is 31.5 Å². The van der Waals surface area contributed by atoms with Crippen LogP contribution in [-0.4, -0.2) is 41.3 Å². The van der Waals surface area contributed by atoms with Crippen LogP contribution < -0.4 is 16.0 Å². The van der Waals surface area contributed by atoms with Gasteiger partial charge in [-0.2, -0.15) is 4.98 Å². The molecule has 1 aliphatic rings. The smallest absolute Gasteiger partial charge is 0.229 e. The van der Waals surface area contributed by atoms with E-state index in [1.54, 1.807) is 32.0 Å². The summed E-state index contributed by atoms with van der Waals surface area (Å²) in [5, 5.41) is 19.7. The van der Waals surface area contributed by atoms with Gasteiger partial charge in [0.2, 0.25) is 5.95 Å². The predicted molar refractivity (Wildman–Crippen MR) is 123 cm³/mol. The van der Waals surface area contributed by atoms with Crippen LogP contribution in [0.3, 0.4) is 0 Å². The quantitative estimate of drug-likeness (QED) is 0.444. The number of aliphatic hydroxyl groups is 1. The fourth-order valence-corrected chi connectivity index (χ4v) is 4.14. The molecule has 0 spiro atoms. The summed E-state index contributed by atoms with van der Waals surface area (Å²) in [5.74, 6) is 0.714. The summed E-state index contributed by atoms with van der Waals surface area (Å²) >= 11 is 0. The lowest BCUT2D eigenvalue weighted by Crippen LogP contribution is -2.23. The molecule has 0 bridgehead atoms. The van der Waals surface area contributed by atoms with Gasteiger partial charge < -0.3 is 21.1 Å². The Hall–Kier alpha value is -3.08. The lowest BCUT2D eigenvalue weighted by atomic mass is 10.0. The van der Waals surface area contributed by atoms with Crippen molar-refractivity contribution in [2.75, 3.05) is 23.4 Å². The summed E-state index contributed by atoms with van der Waals surface area (Å²) < 4.78 is 24.6. The molecule has 0 saturated heterocycles. The van der Waals surface area contributed by atoms with Crippen LogP contribution in [0.1, 0.15) is 30.7 Å². The summed E-state index contributed by atoms with van der Waals surface area (Å²) in [7, 11) is -3.59. The number of nitrogens with one attached hydrogen (secondary N) is 3. The van der Waals surface area contributed by atoms with Crippen molar-refractivity contribution in [3.05, 3.63) is 59.4 Å². The average Bonchev–Trinajstić information content (AvgIpc) is 2.72. The monoisotopic (exact) mass is 454 g/mol. The molecular formula is C22H26N6O3S. The molecule has 3 aromatic rings. The SMILES string of the molecule is CC(C)(O)c1cccc(Nc2nc(Nc3ccc4c(c3)CNCC4)ncc2S(C)(=O)=O)n1. The van der Waals surface area contributed by atoms with Crippen LogP contribution in [0.25, 0.3) is 0 Å². The topological polar surface area (TPSA) is 129 Å². The highest BCUT2D eigenvalue weighted by atomic mass is 32.2. The number of hydrogen-bond donors (Lipinski definition) is 4. The number of pyridine rings is 1. The number of benzene rings is 1. The van der Waals surface area contributed by atoms with E-state index in [4.69, 9.17) is 0 Å². The zero-order valence-electron chi connectivity index (χ0n) is 18.2. The van der Waals surface area contributed by atoms with Gasteiger partial charge in [-0.25, -0.2) is 18.4 Å². The molecule has 0 saturated carbocycles. The summed E-state index contributed by atoms with van der Waals surface area (Å²) in [4.78, 5) is 12.9. The highest BCUT2D eigenvalue weighted by Gasteiger charge is 2.20. The maximum absolute atomic E-state index is 12.3. The van der Waals surface area contributed by atoms with Gasteiger partial charge in [0.25, 0.3) is 0 Å². The normalized spacial score (nSPS) is 14.0. The molecule has 0 aliphatic carbocycles. The van der Waals surface area contributed by atoms with Crippen molar-refractivity contribution in [1.82, 2.24) is 20.3 Å². The molecule has 3 heterocycles. The summed E-state index contributed by atoms with van der Waals surface area (Å²) in [6, 6.07) is 11.2. The van der Waals surface area contributed by atoms with Crippen LogP contribution >= 0.6 is 0 Å². The fraction of sp³-hybridized carbons (Fsp3) is 0.318. The van der Waals surface area contributed by atoms with Crippen molar-refractivity contribution in [3.63, 3.8) is 0 Å². The van der Waals surface area contributed by atoms with Crippen molar-refractivity contribution in [1.29, 1.82) is 0 Å². The standard InChI is InChI=1S/C22H26N6O3S/c1-22(2,29)18-5-4-6-19(26-18)27-20-17(32(3,30)31)13-24-21(28-20)25-16-8-7-14-9-10-23-12-15(14)11-16/h4-8,11,13,23,29H,9-10,12H2,1-3H3,(H2,24,25,26,27,28). The third-order valence-corrected chi connectivity index (χ3v) is 6.22. The molecule has 168 valence electrons. The fourth-order valence-electron chi connectivity index (χ4n) is 3.45. The Labute approximate surface area is 187 Å².